The summed E-state index contributed by atoms with van der Waals surface area (Å²) in [5.41, 5.74) is -0.369. The third-order valence-electron chi connectivity index (χ3n) is 8.91. The Morgan fingerprint density at radius 2 is 1.78 bits per heavy atom. The van der Waals surface area contributed by atoms with Crippen LogP contribution in [0.2, 0.25) is 0 Å². The lowest BCUT2D eigenvalue weighted by Crippen LogP contribution is -2.58. The van der Waals surface area contributed by atoms with Crippen molar-refractivity contribution in [3.8, 4) is 0 Å². The van der Waals surface area contributed by atoms with Gasteiger partial charge in [-0.2, -0.15) is 0 Å². The highest BCUT2D eigenvalue weighted by Gasteiger charge is 2.68. The van der Waals surface area contributed by atoms with Crippen molar-refractivity contribution in [1.29, 1.82) is 0 Å². The molecule has 1 aromatic rings. The first-order valence-corrected chi connectivity index (χ1v) is 12.7. The second-order valence-electron chi connectivity index (χ2n) is 10.9. The predicted molar refractivity (Wildman–Crippen MR) is 133 cm³/mol. The molecule has 0 N–H and O–H groups in total. The van der Waals surface area contributed by atoms with Gasteiger partial charge in [-0.15, -0.1) is 0 Å². The average Bonchev–Trinajstić information content (AvgIpc) is 3.15. The second-order valence-corrected chi connectivity index (χ2v) is 10.9. The first-order valence-electron chi connectivity index (χ1n) is 12.7. The smallest absolute Gasteiger partial charge is 0.339 e. The fourth-order valence-electron chi connectivity index (χ4n) is 7.08. The van der Waals surface area contributed by atoms with E-state index in [1.165, 1.54) is 13.0 Å². The normalized spacial score (nSPS) is 32.2. The van der Waals surface area contributed by atoms with Crippen LogP contribution in [0.3, 0.4) is 0 Å². The molecule has 4 atom stereocenters. The Morgan fingerprint density at radius 1 is 1.05 bits per heavy atom. The van der Waals surface area contributed by atoms with Gasteiger partial charge in [0.1, 0.15) is 0 Å². The number of hydrogen-bond donors (Lipinski definition) is 0. The SMILES string of the molecule is CC(=O)OCC(=O)[C@@]1(OC(=O)c2ccccc2)CC[C@H]2C3=C(C(=O)C[C@@]21C)[C@@]1(C)C=CC(=O)C=C1CC3. The maximum atomic E-state index is 13.9. The van der Waals surface area contributed by atoms with E-state index in [1.54, 1.807) is 36.4 Å². The van der Waals surface area contributed by atoms with E-state index in [4.69, 9.17) is 9.47 Å². The summed E-state index contributed by atoms with van der Waals surface area (Å²) in [6.07, 6.45) is 7.00. The van der Waals surface area contributed by atoms with Crippen LogP contribution in [0, 0.1) is 16.7 Å². The van der Waals surface area contributed by atoms with Crippen molar-refractivity contribution >= 4 is 29.3 Å². The molecule has 0 radical (unpaired) electrons. The van der Waals surface area contributed by atoms with Gasteiger partial charge in [0.05, 0.1) is 5.56 Å². The molecule has 0 saturated heterocycles. The van der Waals surface area contributed by atoms with E-state index in [2.05, 4.69) is 0 Å². The Balaban J connectivity index is 1.59. The molecule has 0 aromatic heterocycles. The van der Waals surface area contributed by atoms with Crippen molar-refractivity contribution in [1.82, 2.24) is 0 Å². The molecule has 5 rings (SSSR count). The summed E-state index contributed by atoms with van der Waals surface area (Å²) in [5.74, 6) is -2.13. The van der Waals surface area contributed by atoms with Gasteiger partial charge < -0.3 is 9.47 Å². The minimum atomic E-state index is -1.62. The molecule has 0 heterocycles. The number of rotatable bonds is 5. The van der Waals surface area contributed by atoms with Crippen LogP contribution in [-0.2, 0) is 28.7 Å². The molecule has 4 aliphatic rings. The number of carbonyl (C=O) groups excluding carboxylic acids is 5. The number of allylic oxidation sites excluding steroid dienone is 6. The molecule has 0 unspecified atom stereocenters. The van der Waals surface area contributed by atoms with E-state index >= 15 is 0 Å². The molecule has 0 amide bonds. The fraction of sp³-hybridized carbons (Fsp3) is 0.433. The van der Waals surface area contributed by atoms with Crippen molar-refractivity contribution in [3.05, 3.63) is 70.8 Å². The van der Waals surface area contributed by atoms with Gasteiger partial charge in [0, 0.05) is 29.7 Å². The van der Waals surface area contributed by atoms with Crippen molar-refractivity contribution in [2.24, 2.45) is 16.7 Å². The van der Waals surface area contributed by atoms with E-state index in [1.807, 2.05) is 19.9 Å². The van der Waals surface area contributed by atoms with E-state index < -0.39 is 40.8 Å². The van der Waals surface area contributed by atoms with Gasteiger partial charge in [-0.05, 0) is 62.8 Å². The Labute approximate surface area is 215 Å². The number of benzene rings is 1. The lowest BCUT2D eigenvalue weighted by molar-refractivity contribution is -0.164. The van der Waals surface area contributed by atoms with Crippen molar-refractivity contribution in [2.75, 3.05) is 6.61 Å². The number of hydrogen-bond acceptors (Lipinski definition) is 7. The third kappa shape index (κ3) is 3.74. The first-order chi connectivity index (χ1) is 17.5. The molecule has 0 spiro atoms. The molecule has 37 heavy (non-hydrogen) atoms. The number of ketones is 3. The van der Waals surface area contributed by atoms with Gasteiger partial charge in [0.2, 0.25) is 5.78 Å². The first kappa shape index (κ1) is 25.1. The largest absolute Gasteiger partial charge is 0.458 e. The number of carbonyl (C=O) groups is 5. The van der Waals surface area contributed by atoms with Crippen LogP contribution in [0.4, 0.5) is 0 Å². The average molecular weight is 503 g/mol. The van der Waals surface area contributed by atoms with Crippen LogP contribution in [0.15, 0.2) is 65.3 Å². The summed E-state index contributed by atoms with van der Waals surface area (Å²) in [6.45, 7) is 4.51. The highest BCUT2D eigenvalue weighted by Crippen LogP contribution is 2.64. The molecule has 1 fully saturated rings. The van der Waals surface area contributed by atoms with Crippen LogP contribution in [0.1, 0.15) is 63.2 Å². The van der Waals surface area contributed by atoms with E-state index in [-0.39, 0.29) is 30.3 Å². The maximum Gasteiger partial charge on any atom is 0.339 e. The summed E-state index contributed by atoms with van der Waals surface area (Å²) in [4.78, 5) is 64.5. The topological polar surface area (TPSA) is 104 Å². The van der Waals surface area contributed by atoms with Crippen molar-refractivity contribution < 1.29 is 33.4 Å². The molecular formula is C30H30O7. The number of fused-ring (bicyclic) bond motifs is 4. The quantitative estimate of drug-likeness (QED) is 0.554. The monoisotopic (exact) mass is 502 g/mol. The minimum Gasteiger partial charge on any atom is -0.458 e. The summed E-state index contributed by atoms with van der Waals surface area (Å²) in [7, 11) is 0. The van der Waals surface area contributed by atoms with Gasteiger partial charge in [-0.3, -0.25) is 19.2 Å². The minimum absolute atomic E-state index is 0.00897. The molecule has 7 nitrogen and oxygen atoms in total. The molecule has 0 aliphatic heterocycles. The zero-order valence-corrected chi connectivity index (χ0v) is 21.3. The summed E-state index contributed by atoms with van der Waals surface area (Å²) < 4.78 is 11.2. The fourth-order valence-corrected chi connectivity index (χ4v) is 7.08. The number of esters is 2. The van der Waals surface area contributed by atoms with Crippen LogP contribution < -0.4 is 0 Å². The number of ether oxygens (including phenoxy) is 2. The van der Waals surface area contributed by atoms with Gasteiger partial charge >= 0.3 is 11.9 Å². The third-order valence-corrected chi connectivity index (χ3v) is 8.91. The molecule has 1 saturated carbocycles. The van der Waals surface area contributed by atoms with Gasteiger partial charge in [0.15, 0.2) is 23.8 Å². The van der Waals surface area contributed by atoms with Crippen LogP contribution >= 0.6 is 0 Å². The highest BCUT2D eigenvalue weighted by molar-refractivity contribution is 6.06. The standard InChI is InChI=1S/C30H30O7/c1-18(31)36-17-25(34)30(37-27(35)19-7-5-4-6-8-19)14-12-23-22-10-9-20-15-21(32)11-13-28(20,2)26(22)24(33)16-29(23,30)3/h4-8,11,13,15,23H,9-10,12,14,16-17H2,1-3H3/t23-,28-,29-,30-/m0/s1. The summed E-state index contributed by atoms with van der Waals surface area (Å²) in [6, 6.07) is 8.42. The maximum absolute atomic E-state index is 13.9. The summed E-state index contributed by atoms with van der Waals surface area (Å²) in [5, 5.41) is 0. The molecule has 1 aromatic carbocycles. The lowest BCUT2D eigenvalue weighted by Gasteiger charge is -2.51. The van der Waals surface area contributed by atoms with Crippen molar-refractivity contribution in [2.45, 2.75) is 58.5 Å². The molecular weight excluding hydrogens is 472 g/mol. The van der Waals surface area contributed by atoms with Crippen LogP contribution in [0.25, 0.3) is 0 Å². The van der Waals surface area contributed by atoms with Gasteiger partial charge in [0.25, 0.3) is 0 Å². The summed E-state index contributed by atoms with van der Waals surface area (Å²) >= 11 is 0. The zero-order valence-electron chi connectivity index (χ0n) is 21.3. The van der Waals surface area contributed by atoms with Gasteiger partial charge in [-0.25, -0.2) is 4.79 Å². The van der Waals surface area contributed by atoms with E-state index in [0.717, 1.165) is 11.1 Å². The molecule has 7 heteroatoms. The number of Topliss-reactive ketones (excluding diaryl/α,β-unsaturated/α-hetero) is 2. The Hall–Kier alpha value is -3.61. The Kier molecular flexibility index (Phi) is 5.93. The molecule has 4 aliphatic carbocycles. The van der Waals surface area contributed by atoms with Crippen LogP contribution in [0.5, 0.6) is 0 Å². The van der Waals surface area contributed by atoms with Crippen LogP contribution in [-0.4, -0.2) is 41.5 Å². The predicted octanol–water partition coefficient (Wildman–Crippen LogP) is 4.27. The molecule has 0 bridgehead atoms. The highest BCUT2D eigenvalue weighted by atomic mass is 16.6. The Bertz CT molecular complexity index is 1320. The Morgan fingerprint density at radius 3 is 2.49 bits per heavy atom. The second kappa shape index (κ2) is 8.75. The van der Waals surface area contributed by atoms with E-state index in [9.17, 15) is 24.0 Å². The lowest BCUT2D eigenvalue weighted by atomic mass is 9.53. The van der Waals surface area contributed by atoms with Gasteiger partial charge in [-0.1, -0.05) is 42.3 Å². The van der Waals surface area contributed by atoms with E-state index in [0.29, 0.717) is 30.4 Å². The van der Waals surface area contributed by atoms with Crippen molar-refractivity contribution in [3.63, 3.8) is 0 Å². The zero-order chi connectivity index (χ0) is 26.6. The molecule has 192 valence electrons.